The maximum absolute atomic E-state index is 12.2. The van der Waals surface area contributed by atoms with E-state index in [0.29, 0.717) is 27.7 Å². The summed E-state index contributed by atoms with van der Waals surface area (Å²) in [5.41, 5.74) is 1.66. The summed E-state index contributed by atoms with van der Waals surface area (Å²) in [5.74, 6) is -0.257. The van der Waals surface area contributed by atoms with Crippen molar-refractivity contribution in [3.8, 4) is 11.6 Å². The number of carbonyl (C=O) groups is 2. The first-order valence-corrected chi connectivity index (χ1v) is 10.9. The van der Waals surface area contributed by atoms with Crippen molar-refractivity contribution in [1.82, 2.24) is 15.3 Å². The number of ether oxygens (including phenoxy) is 1. The van der Waals surface area contributed by atoms with E-state index in [1.807, 2.05) is 17.0 Å². The Morgan fingerprint density at radius 1 is 1.32 bits per heavy atom. The number of hydrogen-bond donors (Lipinski definition) is 2. The molecule has 0 aliphatic carbocycles. The number of nitrogens with one attached hydrogen (secondary N) is 1. The second-order valence-electron chi connectivity index (χ2n) is 5.09. The minimum absolute atomic E-state index is 0.201. The van der Waals surface area contributed by atoms with Crippen LogP contribution in [0.4, 0.5) is 0 Å². The van der Waals surface area contributed by atoms with E-state index in [-0.39, 0.29) is 23.4 Å². The van der Waals surface area contributed by atoms with E-state index in [4.69, 9.17) is 4.74 Å². The molecule has 1 aromatic heterocycles. The van der Waals surface area contributed by atoms with Crippen LogP contribution < -0.4 is 10.1 Å². The maximum atomic E-state index is 12.2. The number of nitrogens with zero attached hydrogens (tertiary/aromatic N) is 2. The summed E-state index contributed by atoms with van der Waals surface area (Å²) in [7, 11) is 1.43. The third-order valence-corrected chi connectivity index (χ3v) is 6.30. The van der Waals surface area contributed by atoms with Gasteiger partial charge in [-0.15, -0.1) is 0 Å². The normalized spacial score (nSPS) is 15.5. The third-order valence-electron chi connectivity index (χ3n) is 3.50. The van der Waals surface area contributed by atoms with Gasteiger partial charge in [0.05, 0.1) is 0 Å². The number of benzene rings is 1. The zero-order valence-electron chi connectivity index (χ0n) is 13.0. The van der Waals surface area contributed by atoms with Gasteiger partial charge in [0.15, 0.2) is 0 Å². The predicted octanol–water partition coefficient (Wildman–Crippen LogP) is 1.04. The second-order valence-corrected chi connectivity index (χ2v) is 8.54. The van der Waals surface area contributed by atoms with Crippen molar-refractivity contribution in [3.05, 3.63) is 49.8 Å². The summed E-state index contributed by atoms with van der Waals surface area (Å²) in [6.45, 7) is 0. The molecule has 1 aliphatic rings. The van der Waals surface area contributed by atoms with Crippen molar-refractivity contribution >= 4 is 55.7 Å². The third kappa shape index (κ3) is 3.85. The van der Waals surface area contributed by atoms with Crippen molar-refractivity contribution < 1.29 is 19.4 Å². The molecule has 2 heterocycles. The fraction of sp³-hybridized carbons (Fsp3) is 0.125. The van der Waals surface area contributed by atoms with Crippen molar-refractivity contribution in [1.29, 1.82) is 0 Å². The molecule has 3 rings (SSSR count). The summed E-state index contributed by atoms with van der Waals surface area (Å²) in [6.07, 6.45) is 1.42. The first kappa shape index (κ1) is 17.9. The summed E-state index contributed by atoms with van der Waals surface area (Å²) >= 11 is 1.40. The number of amides is 2. The number of halogens is 1. The van der Waals surface area contributed by atoms with Gasteiger partial charge in [0.25, 0.3) is 0 Å². The first-order chi connectivity index (χ1) is 12.0. The van der Waals surface area contributed by atoms with Crippen LogP contribution in [0.5, 0.6) is 11.6 Å². The minimum atomic E-state index is -0.744. The quantitative estimate of drug-likeness (QED) is 0.275. The van der Waals surface area contributed by atoms with Gasteiger partial charge in [-0.2, -0.15) is 0 Å². The van der Waals surface area contributed by atoms with Gasteiger partial charge in [0, 0.05) is 0 Å². The van der Waals surface area contributed by atoms with Crippen molar-refractivity contribution in [2.45, 2.75) is 5.21 Å². The van der Waals surface area contributed by atoms with E-state index in [2.05, 4.69) is 37.9 Å². The van der Waals surface area contributed by atoms with Crippen LogP contribution in [0.3, 0.4) is 0 Å². The first-order valence-electron chi connectivity index (χ1n) is 7.17. The summed E-state index contributed by atoms with van der Waals surface area (Å²) in [6, 6.07) is 5.38. The molecule has 7 nitrogen and oxygen atoms in total. The summed E-state index contributed by atoms with van der Waals surface area (Å²) in [5, 5.41) is 12.6. The van der Waals surface area contributed by atoms with Crippen LogP contribution in [0.25, 0.3) is 5.57 Å². The SMILES string of the molecule is COc1cnc(C[AsH]C=C2C(=O)NC(=O)c3ccc(I)cc32)nc1O. The van der Waals surface area contributed by atoms with E-state index < -0.39 is 15.8 Å². The molecule has 2 N–H and O–H groups in total. The molecule has 2 aromatic rings. The van der Waals surface area contributed by atoms with E-state index in [1.54, 1.807) is 6.07 Å². The molecule has 0 spiro atoms. The van der Waals surface area contributed by atoms with Gasteiger partial charge in [-0.05, 0) is 0 Å². The summed E-state index contributed by atoms with van der Waals surface area (Å²) in [4.78, 5) is 34.1. The van der Waals surface area contributed by atoms with Gasteiger partial charge in [-0.1, -0.05) is 0 Å². The average molecular weight is 513 g/mol. The topological polar surface area (TPSA) is 101 Å². The Labute approximate surface area is 163 Å². The molecule has 1 aliphatic heterocycles. The molecular weight excluding hydrogens is 500 g/mol. The van der Waals surface area contributed by atoms with Gasteiger partial charge < -0.3 is 0 Å². The number of fused-ring (bicyclic) bond motifs is 1. The molecule has 9 heteroatoms. The molecule has 1 atom stereocenters. The van der Waals surface area contributed by atoms with Crippen LogP contribution in [-0.4, -0.2) is 49.8 Å². The number of rotatable bonds is 4. The van der Waals surface area contributed by atoms with Crippen LogP contribution in [-0.2, 0) is 10.0 Å². The Kier molecular flexibility index (Phi) is 5.38. The van der Waals surface area contributed by atoms with Gasteiger partial charge in [-0.25, -0.2) is 0 Å². The molecule has 0 radical (unpaired) electrons. The fourth-order valence-electron chi connectivity index (χ4n) is 2.31. The molecule has 0 bridgehead atoms. The number of aromatic nitrogens is 2. The van der Waals surface area contributed by atoms with E-state index in [0.717, 1.165) is 3.57 Å². The Bertz CT molecular complexity index is 901. The van der Waals surface area contributed by atoms with Crippen LogP contribution in [0, 0.1) is 3.57 Å². The van der Waals surface area contributed by atoms with E-state index in [9.17, 15) is 14.7 Å². The number of aromatic hydroxyl groups is 1. The van der Waals surface area contributed by atoms with Crippen LogP contribution in [0.2, 0.25) is 0 Å². The Morgan fingerprint density at radius 2 is 2.12 bits per heavy atom. The zero-order valence-corrected chi connectivity index (χ0v) is 17.3. The molecule has 25 heavy (non-hydrogen) atoms. The number of methoxy groups -OCH3 is 1. The van der Waals surface area contributed by atoms with Crippen molar-refractivity contribution in [3.63, 3.8) is 0 Å². The van der Waals surface area contributed by atoms with Gasteiger partial charge in [0.1, 0.15) is 0 Å². The number of carbonyl (C=O) groups excluding carboxylic acids is 2. The molecular formula is C16H13AsIN3O4. The Hall–Kier alpha value is -1.93. The van der Waals surface area contributed by atoms with Gasteiger partial charge in [-0.3, -0.25) is 0 Å². The monoisotopic (exact) mass is 513 g/mol. The van der Waals surface area contributed by atoms with E-state index >= 15 is 0 Å². The number of hydrogen-bond acceptors (Lipinski definition) is 6. The molecule has 0 saturated heterocycles. The molecule has 2 amide bonds. The standard InChI is InChI=1S/C16H13AsIN3O4/c1-25-12-7-19-13(20-16(12)24)6-17-5-11-10-4-8(18)2-3-9(10)14(22)21-15(11)23/h2-5,7,17H,6H2,1H3,(H,19,20,24)(H,21,22,23). The summed E-state index contributed by atoms with van der Waals surface area (Å²) < 4.78 is 5.86. The molecule has 1 unspecified atom stereocenters. The molecule has 0 fully saturated rings. The Morgan fingerprint density at radius 3 is 2.84 bits per heavy atom. The van der Waals surface area contributed by atoms with Crippen molar-refractivity contribution in [2.24, 2.45) is 0 Å². The van der Waals surface area contributed by atoms with Gasteiger partial charge in [0.2, 0.25) is 0 Å². The molecule has 128 valence electrons. The van der Waals surface area contributed by atoms with Crippen molar-refractivity contribution in [2.75, 3.05) is 7.11 Å². The zero-order chi connectivity index (χ0) is 18.0. The molecule has 1 aromatic carbocycles. The predicted molar refractivity (Wildman–Crippen MR) is 101 cm³/mol. The van der Waals surface area contributed by atoms with Crippen LogP contribution in [0.1, 0.15) is 21.7 Å². The van der Waals surface area contributed by atoms with E-state index in [1.165, 1.54) is 13.3 Å². The average Bonchev–Trinajstić information content (AvgIpc) is 2.57. The van der Waals surface area contributed by atoms with Crippen LogP contribution in [0.15, 0.2) is 29.3 Å². The Balaban J connectivity index is 1.83. The van der Waals surface area contributed by atoms with Crippen LogP contribution >= 0.6 is 22.6 Å². The van der Waals surface area contributed by atoms with Gasteiger partial charge >= 0.3 is 164 Å². The number of imide groups is 1. The second kappa shape index (κ2) is 7.53. The fourth-order valence-corrected chi connectivity index (χ4v) is 4.79. The molecule has 0 saturated carbocycles.